The molecule has 0 spiro atoms. The minimum absolute atomic E-state index is 0.316. The van der Waals surface area contributed by atoms with Crippen molar-refractivity contribution in [2.75, 3.05) is 13.1 Å². The zero-order valence-corrected chi connectivity index (χ0v) is 9.24. The smallest absolute Gasteiger partial charge is 0.323 e. The van der Waals surface area contributed by atoms with Gasteiger partial charge in [0.25, 0.3) is 0 Å². The average Bonchev–Trinajstić information content (AvgIpc) is 3.07. The molecular weight excluding hydrogens is 208 g/mol. The summed E-state index contributed by atoms with van der Waals surface area (Å²) in [4.78, 5) is 21.5. The Morgan fingerprint density at radius 1 is 1.12 bits per heavy atom. The van der Waals surface area contributed by atoms with Gasteiger partial charge in [-0.25, -0.2) is 4.79 Å². The van der Waals surface area contributed by atoms with Gasteiger partial charge in [-0.2, -0.15) is 0 Å². The van der Waals surface area contributed by atoms with Crippen molar-refractivity contribution in [1.82, 2.24) is 10.6 Å². The fraction of sp³-hybridized carbons (Fsp3) is 0.818. The third-order valence-corrected chi connectivity index (χ3v) is 3.35. The lowest BCUT2D eigenvalue weighted by Crippen LogP contribution is -2.41. The van der Waals surface area contributed by atoms with Gasteiger partial charge in [0.1, 0.15) is 6.54 Å². The van der Waals surface area contributed by atoms with Crippen molar-refractivity contribution in [1.29, 1.82) is 0 Å². The largest absolute Gasteiger partial charge is 0.480 e. The summed E-state index contributed by atoms with van der Waals surface area (Å²) in [6, 6.07) is -0.367. The van der Waals surface area contributed by atoms with Crippen LogP contribution in [-0.4, -0.2) is 30.2 Å². The van der Waals surface area contributed by atoms with Gasteiger partial charge in [0, 0.05) is 6.54 Å². The number of aliphatic carboxylic acids is 1. The number of urea groups is 1. The van der Waals surface area contributed by atoms with Gasteiger partial charge >= 0.3 is 12.0 Å². The monoisotopic (exact) mass is 226 g/mol. The fourth-order valence-corrected chi connectivity index (χ4v) is 2.20. The third kappa shape index (κ3) is 3.40. The van der Waals surface area contributed by atoms with E-state index in [1.165, 1.54) is 25.7 Å². The number of carbonyl (C=O) groups is 2. The van der Waals surface area contributed by atoms with Gasteiger partial charge in [0.05, 0.1) is 0 Å². The Morgan fingerprint density at radius 3 is 2.12 bits per heavy atom. The first kappa shape index (κ1) is 11.2. The summed E-state index contributed by atoms with van der Waals surface area (Å²) >= 11 is 0. The van der Waals surface area contributed by atoms with Crippen LogP contribution in [0, 0.1) is 17.8 Å². The Bertz CT molecular complexity index is 273. The SMILES string of the molecule is O=C(O)CNC(=O)NCC(C1CC1)C1CC1. The normalized spacial score (nSPS) is 19.6. The van der Waals surface area contributed by atoms with Crippen molar-refractivity contribution < 1.29 is 14.7 Å². The maximum absolute atomic E-state index is 11.3. The highest BCUT2D eigenvalue weighted by Crippen LogP contribution is 2.48. The summed E-state index contributed by atoms with van der Waals surface area (Å²) in [5.41, 5.74) is 0. The van der Waals surface area contributed by atoms with Crippen molar-refractivity contribution in [3.8, 4) is 0 Å². The van der Waals surface area contributed by atoms with Gasteiger partial charge in [-0.15, -0.1) is 0 Å². The van der Waals surface area contributed by atoms with E-state index in [-0.39, 0.29) is 12.6 Å². The fourth-order valence-electron chi connectivity index (χ4n) is 2.20. The minimum Gasteiger partial charge on any atom is -0.480 e. The second-order valence-corrected chi connectivity index (χ2v) is 4.80. The van der Waals surface area contributed by atoms with E-state index < -0.39 is 5.97 Å². The molecule has 2 saturated carbocycles. The second-order valence-electron chi connectivity index (χ2n) is 4.80. The number of carboxylic acids is 1. The van der Waals surface area contributed by atoms with E-state index in [2.05, 4.69) is 10.6 Å². The van der Waals surface area contributed by atoms with Crippen LogP contribution in [0.3, 0.4) is 0 Å². The average molecular weight is 226 g/mol. The summed E-state index contributed by atoms with van der Waals surface area (Å²) in [6.45, 7) is 0.379. The molecule has 5 heteroatoms. The molecule has 0 unspecified atom stereocenters. The van der Waals surface area contributed by atoms with Crippen LogP contribution < -0.4 is 10.6 Å². The molecule has 0 saturated heterocycles. The molecule has 2 fully saturated rings. The zero-order chi connectivity index (χ0) is 11.5. The molecule has 0 aliphatic heterocycles. The molecule has 0 atom stereocenters. The first-order valence-corrected chi connectivity index (χ1v) is 5.90. The summed E-state index contributed by atoms with van der Waals surface area (Å²) in [5, 5.41) is 13.5. The Hall–Kier alpha value is -1.26. The first-order valence-electron chi connectivity index (χ1n) is 5.90. The van der Waals surface area contributed by atoms with Crippen molar-refractivity contribution in [2.45, 2.75) is 25.7 Å². The highest BCUT2D eigenvalue weighted by atomic mass is 16.4. The molecule has 2 aliphatic rings. The molecule has 16 heavy (non-hydrogen) atoms. The minimum atomic E-state index is -1.02. The molecule has 2 rings (SSSR count). The van der Waals surface area contributed by atoms with Gasteiger partial charge in [-0.3, -0.25) is 4.79 Å². The molecular formula is C11H18N2O3. The highest BCUT2D eigenvalue weighted by Gasteiger charge is 2.41. The summed E-state index contributed by atoms with van der Waals surface area (Å²) in [5.74, 6) is 1.20. The quantitative estimate of drug-likeness (QED) is 0.627. The van der Waals surface area contributed by atoms with E-state index in [0.717, 1.165) is 11.8 Å². The number of carbonyl (C=O) groups excluding carboxylic acids is 1. The van der Waals surface area contributed by atoms with Crippen LogP contribution in [0.15, 0.2) is 0 Å². The molecule has 2 aliphatic carbocycles. The van der Waals surface area contributed by atoms with E-state index in [1.54, 1.807) is 0 Å². The molecule has 0 aromatic carbocycles. The first-order chi connectivity index (χ1) is 7.66. The second kappa shape index (κ2) is 4.72. The van der Waals surface area contributed by atoms with Gasteiger partial charge in [0.15, 0.2) is 0 Å². The van der Waals surface area contributed by atoms with E-state index in [9.17, 15) is 9.59 Å². The molecule has 0 aromatic rings. The number of hydrogen-bond acceptors (Lipinski definition) is 2. The van der Waals surface area contributed by atoms with Gasteiger partial charge in [0.2, 0.25) is 0 Å². The predicted octanol–water partition coefficient (Wildman–Crippen LogP) is 0.806. The van der Waals surface area contributed by atoms with Gasteiger partial charge < -0.3 is 15.7 Å². The van der Waals surface area contributed by atoms with E-state index in [1.807, 2.05) is 0 Å². The zero-order valence-electron chi connectivity index (χ0n) is 9.24. The Labute approximate surface area is 94.6 Å². The number of hydrogen-bond donors (Lipinski definition) is 3. The lowest BCUT2D eigenvalue weighted by Gasteiger charge is -2.16. The van der Waals surface area contributed by atoms with Gasteiger partial charge in [-0.1, -0.05) is 0 Å². The number of carboxylic acid groups (broad SMARTS) is 1. The van der Waals surface area contributed by atoms with Crippen molar-refractivity contribution >= 4 is 12.0 Å². The maximum atomic E-state index is 11.3. The lowest BCUT2D eigenvalue weighted by molar-refractivity contribution is -0.135. The topological polar surface area (TPSA) is 78.4 Å². The van der Waals surface area contributed by atoms with E-state index in [4.69, 9.17) is 5.11 Å². The third-order valence-electron chi connectivity index (χ3n) is 3.35. The lowest BCUT2D eigenvalue weighted by atomic mass is 9.98. The highest BCUT2D eigenvalue weighted by molar-refractivity contribution is 5.79. The van der Waals surface area contributed by atoms with Crippen LogP contribution in [0.1, 0.15) is 25.7 Å². The summed E-state index contributed by atoms with van der Waals surface area (Å²) in [6.07, 6.45) is 5.17. The van der Waals surface area contributed by atoms with Crippen LogP contribution >= 0.6 is 0 Å². The Morgan fingerprint density at radius 2 is 1.69 bits per heavy atom. The Balaban J connectivity index is 1.64. The number of amides is 2. The Kier molecular flexibility index (Phi) is 3.31. The molecule has 0 aromatic heterocycles. The van der Waals surface area contributed by atoms with Crippen LogP contribution in [-0.2, 0) is 4.79 Å². The van der Waals surface area contributed by atoms with Crippen LogP contribution in [0.4, 0.5) is 4.79 Å². The van der Waals surface area contributed by atoms with Crippen LogP contribution in [0.25, 0.3) is 0 Å². The summed E-state index contributed by atoms with van der Waals surface area (Å²) < 4.78 is 0. The van der Waals surface area contributed by atoms with Crippen LogP contribution in [0.5, 0.6) is 0 Å². The van der Waals surface area contributed by atoms with E-state index >= 15 is 0 Å². The predicted molar refractivity (Wildman–Crippen MR) is 58.0 cm³/mol. The van der Waals surface area contributed by atoms with Crippen LogP contribution in [0.2, 0.25) is 0 Å². The molecule has 5 nitrogen and oxygen atoms in total. The molecule has 2 amide bonds. The molecule has 0 radical (unpaired) electrons. The molecule has 0 heterocycles. The maximum Gasteiger partial charge on any atom is 0.323 e. The van der Waals surface area contributed by atoms with Gasteiger partial charge in [-0.05, 0) is 43.4 Å². The van der Waals surface area contributed by atoms with Crippen molar-refractivity contribution in [3.63, 3.8) is 0 Å². The molecule has 3 N–H and O–H groups in total. The molecule has 0 bridgehead atoms. The van der Waals surface area contributed by atoms with E-state index in [0.29, 0.717) is 12.5 Å². The number of nitrogens with one attached hydrogen (secondary N) is 2. The number of rotatable bonds is 6. The van der Waals surface area contributed by atoms with Crippen molar-refractivity contribution in [3.05, 3.63) is 0 Å². The standard InChI is InChI=1S/C11H18N2O3/c14-10(15)6-13-11(16)12-5-9(7-1-2-7)8-3-4-8/h7-9H,1-6H2,(H,14,15)(H2,12,13,16). The molecule has 90 valence electrons. The van der Waals surface area contributed by atoms with Crippen molar-refractivity contribution in [2.24, 2.45) is 17.8 Å². The summed E-state index contributed by atoms with van der Waals surface area (Å²) in [7, 11) is 0.